The molecule has 1 atom stereocenters. The molecule has 1 aromatic carbocycles. The largest absolute Gasteiger partial charge is 0.298 e. The molecule has 0 N–H and O–H groups in total. The zero-order chi connectivity index (χ0) is 14.7. The van der Waals surface area contributed by atoms with Crippen molar-refractivity contribution in [3.63, 3.8) is 0 Å². The van der Waals surface area contributed by atoms with Crippen LogP contribution in [0, 0.1) is 11.6 Å². The van der Waals surface area contributed by atoms with Gasteiger partial charge in [-0.15, -0.1) is 0 Å². The predicted molar refractivity (Wildman–Crippen MR) is 75.6 cm³/mol. The van der Waals surface area contributed by atoms with Crippen LogP contribution in [0.1, 0.15) is 30.0 Å². The Hall–Kier alpha value is -1.88. The summed E-state index contributed by atoms with van der Waals surface area (Å²) in [5.74, 6) is -1.22. The second kappa shape index (κ2) is 6.26. The molecule has 3 rings (SSSR count). The van der Waals surface area contributed by atoms with Gasteiger partial charge in [0.1, 0.15) is 0 Å². The summed E-state index contributed by atoms with van der Waals surface area (Å²) >= 11 is 0. The first-order valence-electron chi connectivity index (χ1n) is 7.14. The summed E-state index contributed by atoms with van der Waals surface area (Å²) < 4.78 is 26.2. The Labute approximate surface area is 122 Å². The summed E-state index contributed by atoms with van der Waals surface area (Å²) in [5.41, 5.74) is 1.81. The summed E-state index contributed by atoms with van der Waals surface area (Å²) in [6.07, 6.45) is 7.36. The maximum Gasteiger partial charge on any atom is 0.159 e. The Balaban J connectivity index is 1.67. The molecule has 1 aromatic heterocycles. The number of benzene rings is 1. The minimum Gasteiger partial charge on any atom is -0.298 e. The smallest absolute Gasteiger partial charge is 0.159 e. The van der Waals surface area contributed by atoms with E-state index >= 15 is 0 Å². The van der Waals surface area contributed by atoms with Crippen LogP contribution in [0.2, 0.25) is 0 Å². The van der Waals surface area contributed by atoms with Crippen LogP contribution in [0.5, 0.6) is 0 Å². The zero-order valence-corrected chi connectivity index (χ0v) is 11.7. The number of rotatable bonds is 3. The molecule has 0 bridgehead atoms. The number of aromatic nitrogens is 2. The first-order valence-corrected chi connectivity index (χ1v) is 7.14. The van der Waals surface area contributed by atoms with Gasteiger partial charge in [0.25, 0.3) is 0 Å². The van der Waals surface area contributed by atoms with Crippen molar-refractivity contribution < 1.29 is 8.78 Å². The van der Waals surface area contributed by atoms with Crippen LogP contribution in [0.15, 0.2) is 36.8 Å². The normalized spacial score (nSPS) is 19.6. The summed E-state index contributed by atoms with van der Waals surface area (Å²) in [4.78, 5) is 10.7. The number of nitrogens with zero attached hydrogens (tertiary/aromatic N) is 3. The van der Waals surface area contributed by atoms with Gasteiger partial charge >= 0.3 is 0 Å². The highest BCUT2D eigenvalue weighted by atomic mass is 19.2. The highest BCUT2D eigenvalue weighted by Crippen LogP contribution is 2.26. The molecule has 110 valence electrons. The minimum absolute atomic E-state index is 0.359. The van der Waals surface area contributed by atoms with E-state index in [2.05, 4.69) is 14.9 Å². The quantitative estimate of drug-likeness (QED) is 0.869. The fraction of sp³-hybridized carbons (Fsp3) is 0.375. The molecule has 0 saturated carbocycles. The topological polar surface area (TPSA) is 29.0 Å². The third-order valence-corrected chi connectivity index (χ3v) is 3.90. The van der Waals surface area contributed by atoms with Gasteiger partial charge in [0.05, 0.1) is 5.69 Å². The van der Waals surface area contributed by atoms with Crippen molar-refractivity contribution in [1.82, 2.24) is 14.9 Å². The van der Waals surface area contributed by atoms with E-state index in [1.54, 1.807) is 18.5 Å². The van der Waals surface area contributed by atoms with Crippen molar-refractivity contribution in [3.05, 3.63) is 59.7 Å². The van der Waals surface area contributed by atoms with Crippen molar-refractivity contribution in [3.8, 4) is 0 Å². The number of hydrogen-bond donors (Lipinski definition) is 0. The van der Waals surface area contributed by atoms with Crippen LogP contribution in [0.4, 0.5) is 8.78 Å². The molecule has 0 aliphatic carbocycles. The molecular weight excluding hydrogens is 272 g/mol. The number of piperidine rings is 1. The molecule has 0 unspecified atom stereocenters. The van der Waals surface area contributed by atoms with Gasteiger partial charge in [0.15, 0.2) is 11.6 Å². The summed E-state index contributed by atoms with van der Waals surface area (Å²) in [6, 6.07) is 4.11. The van der Waals surface area contributed by atoms with E-state index in [1.165, 1.54) is 12.1 Å². The summed E-state index contributed by atoms with van der Waals surface area (Å²) in [6.45, 7) is 2.47. The lowest BCUT2D eigenvalue weighted by Crippen LogP contribution is -2.34. The molecular formula is C16H17F2N3. The van der Waals surface area contributed by atoms with E-state index in [1.807, 2.05) is 6.20 Å². The van der Waals surface area contributed by atoms with Crippen LogP contribution in [-0.4, -0.2) is 28.0 Å². The molecule has 5 heteroatoms. The van der Waals surface area contributed by atoms with E-state index < -0.39 is 11.6 Å². The maximum absolute atomic E-state index is 13.3. The summed E-state index contributed by atoms with van der Waals surface area (Å²) in [7, 11) is 0. The molecule has 2 aromatic rings. The van der Waals surface area contributed by atoms with E-state index in [4.69, 9.17) is 0 Å². The summed E-state index contributed by atoms with van der Waals surface area (Å²) in [5, 5.41) is 0. The van der Waals surface area contributed by atoms with Crippen molar-refractivity contribution in [2.45, 2.75) is 25.3 Å². The van der Waals surface area contributed by atoms with Gasteiger partial charge in [-0.1, -0.05) is 6.07 Å². The molecule has 21 heavy (non-hydrogen) atoms. The van der Waals surface area contributed by atoms with Crippen molar-refractivity contribution in [2.75, 3.05) is 13.1 Å². The molecule has 1 aliphatic heterocycles. The van der Waals surface area contributed by atoms with E-state index in [0.29, 0.717) is 12.5 Å². The van der Waals surface area contributed by atoms with Crippen LogP contribution in [0.3, 0.4) is 0 Å². The van der Waals surface area contributed by atoms with Crippen LogP contribution in [-0.2, 0) is 6.54 Å². The van der Waals surface area contributed by atoms with Crippen molar-refractivity contribution in [1.29, 1.82) is 0 Å². The fourth-order valence-electron chi connectivity index (χ4n) is 2.86. The Morgan fingerprint density at radius 2 is 2.10 bits per heavy atom. The highest BCUT2D eigenvalue weighted by Gasteiger charge is 2.22. The lowest BCUT2D eigenvalue weighted by molar-refractivity contribution is 0.198. The first kappa shape index (κ1) is 14.1. The number of likely N-dealkylation sites (tertiary alicyclic amines) is 1. The van der Waals surface area contributed by atoms with Gasteiger partial charge in [-0.2, -0.15) is 0 Å². The van der Waals surface area contributed by atoms with E-state index in [0.717, 1.165) is 37.2 Å². The first-order chi connectivity index (χ1) is 10.2. The monoisotopic (exact) mass is 289 g/mol. The van der Waals surface area contributed by atoms with Gasteiger partial charge in [0.2, 0.25) is 0 Å². The van der Waals surface area contributed by atoms with Crippen molar-refractivity contribution in [2.24, 2.45) is 0 Å². The van der Waals surface area contributed by atoms with Gasteiger partial charge in [-0.25, -0.2) is 8.78 Å². The molecule has 0 amide bonds. The molecule has 0 radical (unpaired) electrons. The molecule has 1 fully saturated rings. The Kier molecular flexibility index (Phi) is 4.20. The lowest BCUT2D eigenvalue weighted by Gasteiger charge is -2.32. The average molecular weight is 289 g/mol. The molecule has 2 heterocycles. The molecule has 1 saturated heterocycles. The Morgan fingerprint density at radius 1 is 1.19 bits per heavy atom. The molecule has 1 aliphatic rings. The van der Waals surface area contributed by atoms with Crippen LogP contribution < -0.4 is 0 Å². The SMILES string of the molecule is Fc1ccc(CN2CCC[C@H](c3cnccn3)C2)cc1F. The van der Waals surface area contributed by atoms with E-state index in [-0.39, 0.29) is 0 Å². The second-order valence-corrected chi connectivity index (χ2v) is 5.45. The average Bonchev–Trinajstić information content (AvgIpc) is 2.52. The number of halogens is 2. The second-order valence-electron chi connectivity index (χ2n) is 5.45. The predicted octanol–water partition coefficient (Wildman–Crippen LogP) is 3.13. The zero-order valence-electron chi connectivity index (χ0n) is 11.7. The highest BCUT2D eigenvalue weighted by molar-refractivity contribution is 5.18. The van der Waals surface area contributed by atoms with Gasteiger partial charge in [-0.3, -0.25) is 14.9 Å². The van der Waals surface area contributed by atoms with Gasteiger partial charge < -0.3 is 0 Å². The third-order valence-electron chi connectivity index (χ3n) is 3.90. The minimum atomic E-state index is -0.796. The Morgan fingerprint density at radius 3 is 2.86 bits per heavy atom. The van der Waals surface area contributed by atoms with Crippen molar-refractivity contribution >= 4 is 0 Å². The molecule has 3 nitrogen and oxygen atoms in total. The number of hydrogen-bond acceptors (Lipinski definition) is 3. The maximum atomic E-state index is 13.3. The van der Waals surface area contributed by atoms with Crippen LogP contribution in [0.25, 0.3) is 0 Å². The lowest BCUT2D eigenvalue weighted by atomic mass is 9.94. The van der Waals surface area contributed by atoms with Crippen LogP contribution >= 0.6 is 0 Å². The molecule has 0 spiro atoms. The standard InChI is InChI=1S/C16H17F2N3/c17-14-4-3-12(8-15(14)18)10-21-7-1-2-13(11-21)16-9-19-5-6-20-16/h3-6,8-9,13H,1-2,7,10-11H2/t13-/m0/s1. The third kappa shape index (κ3) is 3.42. The Bertz CT molecular complexity index is 604. The van der Waals surface area contributed by atoms with E-state index in [9.17, 15) is 8.78 Å². The fourth-order valence-corrected chi connectivity index (χ4v) is 2.86. The van der Waals surface area contributed by atoms with Gasteiger partial charge in [0, 0.05) is 37.6 Å². The van der Waals surface area contributed by atoms with Gasteiger partial charge in [-0.05, 0) is 37.1 Å².